The van der Waals surface area contributed by atoms with Gasteiger partial charge in [-0.3, -0.25) is 0 Å². The molecular weight excluding hydrogens is 272 g/mol. The largest absolute Gasteiger partial charge is 0.316 e. The third-order valence-corrected chi connectivity index (χ3v) is 5.56. The number of rotatable bonds is 8. The zero-order chi connectivity index (χ0) is 15.2. The third kappa shape index (κ3) is 4.04. The van der Waals surface area contributed by atoms with Crippen LogP contribution in [0.15, 0.2) is 29.2 Å². The molecular formula is C15H26N2O2S. The Morgan fingerprint density at radius 2 is 1.90 bits per heavy atom. The summed E-state index contributed by atoms with van der Waals surface area (Å²) in [6.07, 6.45) is 0.976. The minimum Gasteiger partial charge on any atom is -0.316 e. The quantitative estimate of drug-likeness (QED) is 0.802. The van der Waals surface area contributed by atoms with Gasteiger partial charge in [0.2, 0.25) is 10.0 Å². The fraction of sp³-hybridized carbons (Fsp3) is 0.600. The van der Waals surface area contributed by atoms with Crippen LogP contribution in [0.2, 0.25) is 0 Å². The molecule has 0 aliphatic carbocycles. The third-order valence-electron chi connectivity index (χ3n) is 3.52. The van der Waals surface area contributed by atoms with Crippen LogP contribution in [-0.4, -0.2) is 32.9 Å². The van der Waals surface area contributed by atoms with E-state index in [1.165, 1.54) is 0 Å². The second-order valence-corrected chi connectivity index (χ2v) is 7.01. The lowest BCUT2D eigenvalue weighted by molar-refractivity contribution is 0.361. The van der Waals surface area contributed by atoms with Gasteiger partial charge < -0.3 is 5.32 Å². The molecule has 1 aromatic rings. The summed E-state index contributed by atoms with van der Waals surface area (Å²) in [4.78, 5) is 0.416. The van der Waals surface area contributed by atoms with Crippen LogP contribution in [0.1, 0.15) is 32.8 Å². The highest BCUT2D eigenvalue weighted by molar-refractivity contribution is 7.89. The summed E-state index contributed by atoms with van der Waals surface area (Å²) >= 11 is 0. The minimum absolute atomic E-state index is 0.362. The standard InChI is InChI=1S/C15H26N2O2S/c1-5-13(3)12-17(6-2)20(18,19)15-10-8-7-9-14(15)11-16-4/h7-10,13,16H,5-6,11-12H2,1-4H3. The Morgan fingerprint density at radius 3 is 2.45 bits per heavy atom. The van der Waals surface area contributed by atoms with E-state index in [1.54, 1.807) is 16.4 Å². The maximum Gasteiger partial charge on any atom is 0.243 e. The molecule has 0 saturated carbocycles. The van der Waals surface area contributed by atoms with Crippen molar-refractivity contribution in [3.05, 3.63) is 29.8 Å². The van der Waals surface area contributed by atoms with Gasteiger partial charge in [-0.2, -0.15) is 4.31 Å². The van der Waals surface area contributed by atoms with Crippen molar-refractivity contribution < 1.29 is 8.42 Å². The molecule has 0 spiro atoms. The van der Waals surface area contributed by atoms with E-state index in [9.17, 15) is 8.42 Å². The molecule has 1 unspecified atom stereocenters. The molecule has 4 nitrogen and oxygen atoms in total. The predicted octanol–water partition coefficient (Wildman–Crippen LogP) is 2.46. The molecule has 5 heteroatoms. The van der Waals surface area contributed by atoms with E-state index in [-0.39, 0.29) is 0 Å². The first-order valence-electron chi connectivity index (χ1n) is 7.20. The van der Waals surface area contributed by atoms with Gasteiger partial charge in [0.05, 0.1) is 4.90 Å². The lowest BCUT2D eigenvalue weighted by Gasteiger charge is -2.24. The van der Waals surface area contributed by atoms with E-state index >= 15 is 0 Å². The van der Waals surface area contributed by atoms with Crippen molar-refractivity contribution in [1.82, 2.24) is 9.62 Å². The smallest absolute Gasteiger partial charge is 0.243 e. The molecule has 0 heterocycles. The molecule has 0 radical (unpaired) electrons. The second kappa shape index (κ2) is 7.76. The van der Waals surface area contributed by atoms with Gasteiger partial charge >= 0.3 is 0 Å². The Balaban J connectivity index is 3.13. The fourth-order valence-electron chi connectivity index (χ4n) is 2.10. The zero-order valence-electron chi connectivity index (χ0n) is 12.9. The normalized spacial score (nSPS) is 13.7. The summed E-state index contributed by atoms with van der Waals surface area (Å²) in [6.45, 7) is 7.68. The number of hydrogen-bond donors (Lipinski definition) is 1. The lowest BCUT2D eigenvalue weighted by Crippen LogP contribution is -2.35. The maximum atomic E-state index is 12.8. The summed E-state index contributed by atoms with van der Waals surface area (Å²) in [6, 6.07) is 7.21. The molecule has 1 rings (SSSR count). The average molecular weight is 298 g/mol. The molecule has 20 heavy (non-hydrogen) atoms. The summed E-state index contributed by atoms with van der Waals surface area (Å²) in [7, 11) is -1.60. The average Bonchev–Trinajstić information content (AvgIpc) is 2.45. The Kier molecular flexibility index (Phi) is 6.65. The van der Waals surface area contributed by atoms with Crippen LogP contribution >= 0.6 is 0 Å². The van der Waals surface area contributed by atoms with Crippen LogP contribution < -0.4 is 5.32 Å². The molecule has 0 aromatic heterocycles. The number of sulfonamides is 1. The zero-order valence-corrected chi connectivity index (χ0v) is 13.7. The molecule has 1 aromatic carbocycles. The van der Waals surface area contributed by atoms with Crippen LogP contribution in [-0.2, 0) is 16.6 Å². The van der Waals surface area contributed by atoms with Gasteiger partial charge in [0.1, 0.15) is 0 Å². The first kappa shape index (κ1) is 17.1. The van der Waals surface area contributed by atoms with Gasteiger partial charge in [-0.1, -0.05) is 45.4 Å². The van der Waals surface area contributed by atoms with Crippen LogP contribution in [0, 0.1) is 5.92 Å². The summed E-state index contributed by atoms with van der Waals surface area (Å²) in [5.74, 6) is 0.362. The van der Waals surface area contributed by atoms with E-state index in [0.717, 1.165) is 12.0 Å². The summed E-state index contributed by atoms with van der Waals surface area (Å²) in [5.41, 5.74) is 0.817. The fourth-order valence-corrected chi connectivity index (χ4v) is 3.90. The van der Waals surface area contributed by atoms with E-state index in [0.29, 0.717) is 30.4 Å². The number of nitrogens with zero attached hydrogens (tertiary/aromatic N) is 1. The number of hydrogen-bond acceptors (Lipinski definition) is 3. The molecule has 0 saturated heterocycles. The van der Waals surface area contributed by atoms with Crippen LogP contribution in [0.3, 0.4) is 0 Å². The van der Waals surface area contributed by atoms with Gasteiger partial charge in [-0.15, -0.1) is 0 Å². The van der Waals surface area contributed by atoms with Crippen molar-refractivity contribution in [3.63, 3.8) is 0 Å². The summed E-state index contributed by atoms with van der Waals surface area (Å²) < 4.78 is 27.2. The monoisotopic (exact) mass is 298 g/mol. The van der Waals surface area contributed by atoms with E-state index < -0.39 is 10.0 Å². The highest BCUT2D eigenvalue weighted by Gasteiger charge is 2.26. The van der Waals surface area contributed by atoms with E-state index in [2.05, 4.69) is 19.2 Å². The first-order chi connectivity index (χ1) is 9.47. The molecule has 114 valence electrons. The molecule has 1 N–H and O–H groups in total. The van der Waals surface area contributed by atoms with Crippen molar-refractivity contribution in [1.29, 1.82) is 0 Å². The highest BCUT2D eigenvalue weighted by Crippen LogP contribution is 2.21. The van der Waals surface area contributed by atoms with Crippen molar-refractivity contribution in [2.75, 3.05) is 20.1 Å². The van der Waals surface area contributed by atoms with Gasteiger partial charge in [-0.25, -0.2) is 8.42 Å². The Labute approximate surface area is 123 Å². The van der Waals surface area contributed by atoms with E-state index in [1.807, 2.05) is 26.1 Å². The molecule has 0 aliphatic rings. The van der Waals surface area contributed by atoms with Gasteiger partial charge in [-0.05, 0) is 24.6 Å². The maximum absolute atomic E-state index is 12.8. The first-order valence-corrected chi connectivity index (χ1v) is 8.64. The van der Waals surface area contributed by atoms with Crippen LogP contribution in [0.4, 0.5) is 0 Å². The minimum atomic E-state index is -3.42. The molecule has 1 atom stereocenters. The van der Waals surface area contributed by atoms with Crippen LogP contribution in [0.5, 0.6) is 0 Å². The number of benzene rings is 1. The van der Waals surface area contributed by atoms with Gasteiger partial charge in [0, 0.05) is 19.6 Å². The predicted molar refractivity (Wildman–Crippen MR) is 83.1 cm³/mol. The molecule has 0 amide bonds. The van der Waals surface area contributed by atoms with Gasteiger partial charge in [0.15, 0.2) is 0 Å². The van der Waals surface area contributed by atoms with Crippen molar-refractivity contribution in [2.24, 2.45) is 5.92 Å². The Morgan fingerprint density at radius 1 is 1.25 bits per heavy atom. The van der Waals surface area contributed by atoms with Crippen molar-refractivity contribution in [3.8, 4) is 0 Å². The SMILES string of the molecule is CCC(C)CN(CC)S(=O)(=O)c1ccccc1CNC. The van der Waals surface area contributed by atoms with Crippen molar-refractivity contribution >= 4 is 10.0 Å². The number of nitrogens with one attached hydrogen (secondary N) is 1. The second-order valence-electron chi connectivity index (χ2n) is 5.11. The lowest BCUT2D eigenvalue weighted by atomic mass is 10.1. The summed E-state index contributed by atoms with van der Waals surface area (Å²) in [5, 5.41) is 3.02. The topological polar surface area (TPSA) is 49.4 Å². The Bertz CT molecular complexity index is 514. The van der Waals surface area contributed by atoms with Crippen LogP contribution in [0.25, 0.3) is 0 Å². The molecule has 0 bridgehead atoms. The molecule has 0 fully saturated rings. The van der Waals surface area contributed by atoms with E-state index in [4.69, 9.17) is 0 Å². The molecule has 0 aliphatic heterocycles. The van der Waals surface area contributed by atoms with Gasteiger partial charge in [0.25, 0.3) is 0 Å². The Hall–Kier alpha value is -0.910. The van der Waals surface area contributed by atoms with Crippen molar-refractivity contribution in [2.45, 2.75) is 38.6 Å². The highest BCUT2D eigenvalue weighted by atomic mass is 32.2.